The van der Waals surface area contributed by atoms with Gasteiger partial charge in [-0.25, -0.2) is 0 Å². The number of amides is 1. The van der Waals surface area contributed by atoms with Gasteiger partial charge in [-0.2, -0.15) is 5.26 Å². The largest absolute Gasteiger partial charge is 0.351 e. The fourth-order valence-electron chi connectivity index (χ4n) is 4.76. The molecule has 4 unspecified atom stereocenters. The number of carbonyl (C=O) groups excluding carboxylic acids is 1. The van der Waals surface area contributed by atoms with Crippen molar-refractivity contribution in [2.75, 3.05) is 0 Å². The molecule has 0 radical (unpaired) electrons. The monoisotopic (exact) mass is 218 g/mol. The predicted octanol–water partition coefficient (Wildman–Crippen LogP) is 1.84. The molecule has 0 saturated heterocycles. The number of nitrogens with one attached hydrogen (secondary N) is 1. The Morgan fingerprint density at radius 3 is 2.44 bits per heavy atom. The van der Waals surface area contributed by atoms with E-state index in [4.69, 9.17) is 0 Å². The Kier molecular flexibility index (Phi) is 2.04. The molecular formula is C13H18N2O. The highest BCUT2D eigenvalue weighted by Crippen LogP contribution is 2.58. The van der Waals surface area contributed by atoms with Gasteiger partial charge in [0, 0.05) is 12.5 Å². The lowest BCUT2D eigenvalue weighted by Gasteiger charge is -2.58. The molecule has 0 aliphatic heterocycles. The Hall–Kier alpha value is -1.04. The van der Waals surface area contributed by atoms with Crippen LogP contribution >= 0.6 is 0 Å². The minimum Gasteiger partial charge on any atom is -0.351 e. The van der Waals surface area contributed by atoms with E-state index in [2.05, 4.69) is 11.4 Å². The van der Waals surface area contributed by atoms with Gasteiger partial charge in [0.05, 0.1) is 12.0 Å². The van der Waals surface area contributed by atoms with Crippen LogP contribution in [0.1, 0.15) is 39.0 Å². The van der Waals surface area contributed by atoms with Gasteiger partial charge in [0.15, 0.2) is 0 Å². The third-order valence-corrected chi connectivity index (χ3v) is 4.86. The SMILES string of the molecule is CC(=O)NC12CC3CC(C1)C(C#N)[C@@H](C3)C2. The zero-order valence-corrected chi connectivity index (χ0v) is 9.70. The van der Waals surface area contributed by atoms with Crippen LogP contribution in [0.4, 0.5) is 0 Å². The molecule has 4 saturated carbocycles. The second-order valence-electron chi connectivity index (χ2n) is 6.09. The molecule has 16 heavy (non-hydrogen) atoms. The fraction of sp³-hybridized carbons (Fsp3) is 0.846. The molecule has 3 nitrogen and oxygen atoms in total. The summed E-state index contributed by atoms with van der Waals surface area (Å²) in [6, 6.07) is 2.50. The normalized spacial score (nSPS) is 48.8. The number of hydrogen-bond acceptors (Lipinski definition) is 2. The minimum absolute atomic E-state index is 0.0513. The lowest BCUT2D eigenvalue weighted by atomic mass is 9.49. The van der Waals surface area contributed by atoms with Crippen LogP contribution in [0, 0.1) is 35.0 Å². The van der Waals surface area contributed by atoms with E-state index in [1.165, 1.54) is 12.8 Å². The van der Waals surface area contributed by atoms with Gasteiger partial charge in [-0.1, -0.05) is 0 Å². The maximum absolute atomic E-state index is 11.3. The van der Waals surface area contributed by atoms with Crippen molar-refractivity contribution < 1.29 is 4.79 Å². The van der Waals surface area contributed by atoms with Crippen LogP contribution in [0.2, 0.25) is 0 Å². The molecular weight excluding hydrogens is 200 g/mol. The van der Waals surface area contributed by atoms with Gasteiger partial charge in [0.1, 0.15) is 0 Å². The Bertz CT molecular complexity index is 355. The van der Waals surface area contributed by atoms with E-state index in [9.17, 15) is 10.1 Å². The summed E-state index contributed by atoms with van der Waals surface area (Å²) in [6.45, 7) is 1.61. The first-order valence-corrected chi connectivity index (χ1v) is 6.30. The van der Waals surface area contributed by atoms with Crippen LogP contribution in [0.3, 0.4) is 0 Å². The van der Waals surface area contributed by atoms with E-state index in [-0.39, 0.29) is 17.4 Å². The molecule has 4 fully saturated rings. The number of rotatable bonds is 1. The van der Waals surface area contributed by atoms with Crippen molar-refractivity contribution in [3.63, 3.8) is 0 Å². The highest BCUT2D eigenvalue weighted by Gasteiger charge is 2.55. The van der Waals surface area contributed by atoms with Gasteiger partial charge in [0.2, 0.25) is 5.91 Å². The number of carbonyl (C=O) groups is 1. The second-order valence-corrected chi connectivity index (χ2v) is 6.09. The average Bonchev–Trinajstić information content (AvgIpc) is 2.13. The third-order valence-electron chi connectivity index (χ3n) is 4.86. The van der Waals surface area contributed by atoms with Crippen molar-refractivity contribution >= 4 is 5.91 Å². The van der Waals surface area contributed by atoms with E-state index in [0.29, 0.717) is 11.8 Å². The third kappa shape index (κ3) is 1.36. The molecule has 4 bridgehead atoms. The van der Waals surface area contributed by atoms with E-state index in [1.54, 1.807) is 6.92 Å². The van der Waals surface area contributed by atoms with Gasteiger partial charge in [-0.05, 0) is 49.9 Å². The summed E-state index contributed by atoms with van der Waals surface area (Å²) in [5, 5.41) is 12.4. The molecule has 1 amide bonds. The maximum Gasteiger partial charge on any atom is 0.217 e. The van der Waals surface area contributed by atoms with Crippen LogP contribution in [0.5, 0.6) is 0 Å². The first-order chi connectivity index (χ1) is 7.62. The summed E-state index contributed by atoms with van der Waals surface area (Å²) < 4.78 is 0. The number of hydrogen-bond donors (Lipinski definition) is 1. The molecule has 4 aliphatic carbocycles. The molecule has 4 rings (SSSR count). The van der Waals surface area contributed by atoms with Crippen molar-refractivity contribution in [3.05, 3.63) is 0 Å². The summed E-state index contributed by atoms with van der Waals surface area (Å²) in [4.78, 5) is 11.3. The number of nitriles is 1. The van der Waals surface area contributed by atoms with E-state index < -0.39 is 0 Å². The van der Waals surface area contributed by atoms with E-state index in [1.807, 2.05) is 0 Å². The smallest absolute Gasteiger partial charge is 0.217 e. The zero-order chi connectivity index (χ0) is 11.3. The van der Waals surface area contributed by atoms with Gasteiger partial charge in [-0.3, -0.25) is 4.79 Å². The summed E-state index contributed by atoms with van der Waals surface area (Å²) in [7, 11) is 0. The highest BCUT2D eigenvalue weighted by atomic mass is 16.1. The molecule has 1 N–H and O–H groups in total. The van der Waals surface area contributed by atoms with Crippen molar-refractivity contribution in [1.29, 1.82) is 5.26 Å². The summed E-state index contributed by atoms with van der Waals surface area (Å²) >= 11 is 0. The molecule has 4 aliphatic rings. The van der Waals surface area contributed by atoms with Gasteiger partial charge in [-0.15, -0.1) is 0 Å². The Labute approximate surface area is 96.2 Å². The maximum atomic E-state index is 11.3. The highest BCUT2D eigenvalue weighted by molar-refractivity contribution is 5.74. The van der Waals surface area contributed by atoms with Crippen molar-refractivity contribution in [2.24, 2.45) is 23.7 Å². The summed E-state index contributed by atoms with van der Waals surface area (Å²) in [5.41, 5.74) is 0.0513. The standard InChI is InChI=1S/C13H18N2O/c1-8(16)15-13-4-9-2-10(5-13)12(7-14)11(3-9)6-13/h9-12H,2-6H2,1H3,(H,15,16)/t9?,10-,11?,12?,13?/m0/s1. The van der Waals surface area contributed by atoms with Crippen LogP contribution in [-0.2, 0) is 4.79 Å². The molecule has 0 aromatic heterocycles. The lowest BCUT2D eigenvalue weighted by Crippen LogP contribution is -2.61. The first kappa shape index (κ1) is 10.1. The molecule has 0 heterocycles. The Morgan fingerprint density at radius 2 is 1.94 bits per heavy atom. The van der Waals surface area contributed by atoms with Crippen molar-refractivity contribution in [3.8, 4) is 6.07 Å². The first-order valence-electron chi connectivity index (χ1n) is 6.30. The summed E-state index contributed by atoms with van der Waals surface area (Å²) in [5.74, 6) is 2.20. The predicted molar refractivity (Wildman–Crippen MR) is 59.2 cm³/mol. The zero-order valence-electron chi connectivity index (χ0n) is 9.70. The van der Waals surface area contributed by atoms with Crippen LogP contribution in [-0.4, -0.2) is 11.4 Å². The molecule has 0 aromatic rings. The van der Waals surface area contributed by atoms with E-state index >= 15 is 0 Å². The molecule has 3 heteroatoms. The van der Waals surface area contributed by atoms with Crippen LogP contribution in [0.15, 0.2) is 0 Å². The average molecular weight is 218 g/mol. The fourth-order valence-corrected chi connectivity index (χ4v) is 4.76. The lowest BCUT2D eigenvalue weighted by molar-refractivity contribution is -0.125. The quantitative estimate of drug-likeness (QED) is 0.730. The van der Waals surface area contributed by atoms with E-state index in [0.717, 1.165) is 25.2 Å². The van der Waals surface area contributed by atoms with Gasteiger partial charge < -0.3 is 5.32 Å². The van der Waals surface area contributed by atoms with Gasteiger partial charge >= 0.3 is 0 Å². The number of nitrogens with zero attached hydrogens (tertiary/aromatic N) is 1. The molecule has 0 aromatic carbocycles. The summed E-state index contributed by atoms with van der Waals surface area (Å²) in [6.07, 6.45) is 5.67. The Morgan fingerprint density at radius 1 is 1.31 bits per heavy atom. The minimum atomic E-state index is 0.0513. The topological polar surface area (TPSA) is 52.9 Å². The van der Waals surface area contributed by atoms with Crippen LogP contribution < -0.4 is 5.32 Å². The molecule has 0 spiro atoms. The van der Waals surface area contributed by atoms with Crippen molar-refractivity contribution in [1.82, 2.24) is 5.32 Å². The molecule has 86 valence electrons. The molecule has 5 atom stereocenters. The van der Waals surface area contributed by atoms with Gasteiger partial charge in [0.25, 0.3) is 0 Å². The van der Waals surface area contributed by atoms with Crippen LogP contribution in [0.25, 0.3) is 0 Å². The Balaban J connectivity index is 1.87. The second kappa shape index (κ2) is 3.23. The van der Waals surface area contributed by atoms with Crippen molar-refractivity contribution in [2.45, 2.75) is 44.6 Å².